The predicted molar refractivity (Wildman–Crippen MR) is 289 cm³/mol. The average Bonchev–Trinajstić information content (AvgIpc) is 3.35. The van der Waals surface area contributed by atoms with E-state index >= 15 is 0 Å². The third kappa shape index (κ3) is 37.3. The number of nitrogens with one attached hydrogen (secondary N) is 1. The van der Waals surface area contributed by atoms with Gasteiger partial charge in [0, 0.05) is 6.42 Å². The number of aliphatic hydroxyl groups excluding tert-OH is 5. The van der Waals surface area contributed by atoms with Gasteiger partial charge in [0.15, 0.2) is 6.29 Å². The van der Waals surface area contributed by atoms with Gasteiger partial charge in [0.05, 0.1) is 25.4 Å². The van der Waals surface area contributed by atoms with Gasteiger partial charge in [0.1, 0.15) is 24.4 Å². The van der Waals surface area contributed by atoms with Crippen molar-refractivity contribution in [2.24, 2.45) is 0 Å². The van der Waals surface area contributed by atoms with Gasteiger partial charge < -0.3 is 40.3 Å². The fourth-order valence-corrected chi connectivity index (χ4v) is 6.95. The van der Waals surface area contributed by atoms with Crippen molar-refractivity contribution in [3.63, 3.8) is 0 Å². The third-order valence-corrected chi connectivity index (χ3v) is 11.1. The van der Waals surface area contributed by atoms with Gasteiger partial charge in [-0.05, 0) is 109 Å². The molecule has 0 spiro atoms. The van der Waals surface area contributed by atoms with E-state index in [4.69, 9.17) is 9.47 Å². The molecule has 6 N–H and O–H groups in total. The third-order valence-electron chi connectivity index (χ3n) is 11.1. The monoisotopic (exact) mass is 956 g/mol. The molecular formula is C60H93NO8. The van der Waals surface area contributed by atoms with Crippen LogP contribution in [0, 0.1) is 0 Å². The number of hydrogen-bond donors (Lipinski definition) is 6. The Hall–Kier alpha value is -4.19. The predicted octanol–water partition coefficient (Wildman–Crippen LogP) is 12.5. The van der Waals surface area contributed by atoms with Crippen LogP contribution in [0.4, 0.5) is 0 Å². The summed E-state index contributed by atoms with van der Waals surface area (Å²) in [6.45, 7) is 3.48. The fourth-order valence-electron chi connectivity index (χ4n) is 6.95. The Morgan fingerprint density at radius 3 is 1.38 bits per heavy atom. The van der Waals surface area contributed by atoms with Gasteiger partial charge in [-0.2, -0.15) is 0 Å². The lowest BCUT2D eigenvalue weighted by molar-refractivity contribution is -0.302. The maximum atomic E-state index is 12.9. The van der Waals surface area contributed by atoms with Crippen LogP contribution in [0.3, 0.4) is 0 Å². The largest absolute Gasteiger partial charge is 0.394 e. The second-order valence-electron chi connectivity index (χ2n) is 17.2. The molecule has 1 rings (SSSR count). The molecule has 7 atom stereocenters. The summed E-state index contributed by atoms with van der Waals surface area (Å²) in [7, 11) is 0. The first-order chi connectivity index (χ1) is 33.8. The van der Waals surface area contributed by atoms with E-state index in [0.717, 1.165) is 135 Å². The van der Waals surface area contributed by atoms with Crippen molar-refractivity contribution < 1.29 is 39.8 Å². The lowest BCUT2D eigenvalue weighted by Gasteiger charge is -2.40. The van der Waals surface area contributed by atoms with E-state index in [1.165, 1.54) is 0 Å². The second-order valence-corrected chi connectivity index (χ2v) is 17.2. The molecule has 9 nitrogen and oxygen atoms in total. The molecule has 7 unspecified atom stereocenters. The molecule has 0 saturated carbocycles. The van der Waals surface area contributed by atoms with Gasteiger partial charge in [-0.15, -0.1) is 0 Å². The average molecular weight is 956 g/mol. The topological polar surface area (TPSA) is 149 Å². The summed E-state index contributed by atoms with van der Waals surface area (Å²) >= 11 is 0. The van der Waals surface area contributed by atoms with E-state index in [-0.39, 0.29) is 12.5 Å². The van der Waals surface area contributed by atoms with E-state index in [1.807, 2.05) is 6.08 Å². The van der Waals surface area contributed by atoms with Crippen LogP contribution in [0.2, 0.25) is 0 Å². The number of rotatable bonds is 41. The van der Waals surface area contributed by atoms with Gasteiger partial charge in [-0.3, -0.25) is 4.79 Å². The van der Waals surface area contributed by atoms with Gasteiger partial charge in [-0.1, -0.05) is 198 Å². The van der Waals surface area contributed by atoms with E-state index in [1.54, 1.807) is 6.08 Å². The highest BCUT2D eigenvalue weighted by Crippen LogP contribution is 2.22. The van der Waals surface area contributed by atoms with Crippen molar-refractivity contribution in [3.05, 3.63) is 158 Å². The molecule has 1 aliphatic rings. The normalized spacial score (nSPS) is 20.8. The molecule has 0 aromatic rings. The maximum Gasteiger partial charge on any atom is 0.220 e. The smallest absolute Gasteiger partial charge is 0.220 e. The molecule has 0 bridgehead atoms. The van der Waals surface area contributed by atoms with Crippen LogP contribution >= 0.6 is 0 Å². The van der Waals surface area contributed by atoms with E-state index in [9.17, 15) is 30.3 Å². The number of aliphatic hydroxyl groups is 5. The zero-order chi connectivity index (χ0) is 50.1. The van der Waals surface area contributed by atoms with Gasteiger partial charge in [0.2, 0.25) is 5.91 Å². The molecule has 1 heterocycles. The summed E-state index contributed by atoms with van der Waals surface area (Å²) in [6, 6.07) is -0.841. The summed E-state index contributed by atoms with van der Waals surface area (Å²) in [4.78, 5) is 12.9. The standard InChI is InChI=1S/C60H93NO8/c1-3-5-7-9-11-12-13-14-15-16-17-18-19-20-21-22-23-24-25-26-27-28-29-30-31-32-33-34-35-36-37-38-39-40-41-42-44-46-48-50-56(64)61-53(54(63)49-47-45-43-10-8-6-4-2)52-68-60-59(67)58(66)57(65)55(51-62)69-60/h5,7-8,10-12,14-15,17-18,20-21,23-24,26-27,29-30,32-33,35-36,38-39,47,49,53-55,57-60,62-63,65-67H,3-4,6,9,13,16,19,22,25,28,31,34,37,40-46,48,50-52H2,1-2H3,(H,61,64)/b7-5-,10-8+,12-11-,15-14-,18-17-,21-20-,24-23-,27-26-,30-29-,33-32-,36-35-,39-38-,49-47+. The van der Waals surface area contributed by atoms with Crippen LogP contribution in [0.15, 0.2) is 158 Å². The lowest BCUT2D eigenvalue weighted by atomic mass is 9.99. The molecule has 386 valence electrons. The molecule has 1 aliphatic heterocycles. The minimum Gasteiger partial charge on any atom is -0.394 e. The van der Waals surface area contributed by atoms with Crippen LogP contribution in [0.25, 0.3) is 0 Å². The van der Waals surface area contributed by atoms with Crippen LogP contribution < -0.4 is 5.32 Å². The minimum absolute atomic E-state index is 0.219. The first-order valence-corrected chi connectivity index (χ1v) is 26.2. The van der Waals surface area contributed by atoms with Crippen LogP contribution in [-0.4, -0.2) is 87.5 Å². The lowest BCUT2D eigenvalue weighted by Crippen LogP contribution is -2.60. The number of hydrogen-bond acceptors (Lipinski definition) is 8. The molecule has 0 radical (unpaired) electrons. The first-order valence-electron chi connectivity index (χ1n) is 26.2. The van der Waals surface area contributed by atoms with Crippen molar-refractivity contribution in [3.8, 4) is 0 Å². The van der Waals surface area contributed by atoms with Crippen LogP contribution in [-0.2, 0) is 14.3 Å². The van der Waals surface area contributed by atoms with Crippen LogP contribution in [0.5, 0.6) is 0 Å². The Bertz CT molecular complexity index is 1630. The number of allylic oxidation sites excluding steroid dienone is 25. The highest BCUT2D eigenvalue weighted by atomic mass is 16.7. The van der Waals surface area contributed by atoms with Crippen molar-refractivity contribution in [1.29, 1.82) is 0 Å². The van der Waals surface area contributed by atoms with Crippen LogP contribution in [0.1, 0.15) is 155 Å². The number of ether oxygens (including phenoxy) is 2. The number of carbonyl (C=O) groups is 1. The maximum absolute atomic E-state index is 12.9. The molecule has 9 heteroatoms. The molecular weight excluding hydrogens is 863 g/mol. The Kier molecular flexibility index (Phi) is 43.2. The Morgan fingerprint density at radius 1 is 0.507 bits per heavy atom. The second kappa shape index (κ2) is 47.5. The summed E-state index contributed by atoms with van der Waals surface area (Å²) < 4.78 is 11.1. The summed E-state index contributed by atoms with van der Waals surface area (Å²) in [5.41, 5.74) is 0. The fraction of sp³-hybridized carbons (Fsp3) is 0.550. The van der Waals surface area contributed by atoms with Gasteiger partial charge in [0.25, 0.3) is 0 Å². The quantitative estimate of drug-likeness (QED) is 0.0262. The van der Waals surface area contributed by atoms with Gasteiger partial charge >= 0.3 is 0 Å². The van der Waals surface area contributed by atoms with E-state index in [2.05, 4.69) is 165 Å². The molecule has 0 aromatic heterocycles. The zero-order valence-corrected chi connectivity index (χ0v) is 42.5. The number of carbonyl (C=O) groups excluding carboxylic acids is 1. The molecule has 1 fully saturated rings. The highest BCUT2D eigenvalue weighted by molar-refractivity contribution is 5.76. The van der Waals surface area contributed by atoms with Crippen molar-refractivity contribution in [2.45, 2.75) is 198 Å². The first kappa shape index (κ1) is 62.8. The Morgan fingerprint density at radius 2 is 0.913 bits per heavy atom. The molecule has 69 heavy (non-hydrogen) atoms. The van der Waals surface area contributed by atoms with Crippen molar-refractivity contribution >= 4 is 5.91 Å². The Balaban J connectivity index is 2.15. The number of amides is 1. The van der Waals surface area contributed by atoms with Crippen molar-refractivity contribution in [2.75, 3.05) is 13.2 Å². The van der Waals surface area contributed by atoms with Gasteiger partial charge in [-0.25, -0.2) is 0 Å². The zero-order valence-electron chi connectivity index (χ0n) is 42.5. The summed E-state index contributed by atoms with van der Waals surface area (Å²) in [6.07, 6.45) is 69.1. The Labute approximate surface area is 418 Å². The summed E-state index contributed by atoms with van der Waals surface area (Å²) in [5.74, 6) is -0.219. The highest BCUT2D eigenvalue weighted by Gasteiger charge is 2.44. The molecule has 1 saturated heterocycles. The van der Waals surface area contributed by atoms with E-state index < -0.39 is 49.5 Å². The molecule has 1 amide bonds. The number of unbranched alkanes of at least 4 members (excludes halogenated alkanes) is 7. The molecule has 0 aliphatic carbocycles. The molecule has 0 aromatic carbocycles. The summed E-state index contributed by atoms with van der Waals surface area (Å²) in [5, 5.41) is 53.9. The minimum atomic E-state index is -1.58. The van der Waals surface area contributed by atoms with E-state index in [0.29, 0.717) is 6.42 Å². The SMILES string of the molecule is CC/C=C\C/C=C\C/C=C\C/C=C\C/C=C\C/C=C\C/C=C\C/C=C\C/C=C\C/C=C\C/C=C\CCCCCCCC(=O)NC(COC1OC(CO)C(O)C(O)C1O)C(O)/C=C/CC/C=C/CCC. The van der Waals surface area contributed by atoms with Crippen molar-refractivity contribution in [1.82, 2.24) is 5.32 Å².